The lowest BCUT2D eigenvalue weighted by atomic mass is 9.96. The molecule has 0 saturated carbocycles. The van der Waals surface area contributed by atoms with E-state index in [1.54, 1.807) is 0 Å². The van der Waals surface area contributed by atoms with E-state index < -0.39 is 0 Å². The Balaban J connectivity index is 1.11. The predicted molar refractivity (Wildman–Crippen MR) is 284 cm³/mol. The van der Waals surface area contributed by atoms with Crippen molar-refractivity contribution in [3.63, 3.8) is 0 Å². The number of nitrogens with zero attached hydrogens (tertiary/aromatic N) is 6. The number of fused-ring (bicyclic) bond motifs is 7. The first-order valence-electron chi connectivity index (χ1n) is 23.5. The molecule has 9 aromatic rings. The Morgan fingerprint density at radius 1 is 0.456 bits per heavy atom. The molecule has 3 aromatic heterocycles. The summed E-state index contributed by atoms with van der Waals surface area (Å²) in [5.41, 5.74) is 14.8. The quantitative estimate of drug-likeness (QED) is 0.171. The van der Waals surface area contributed by atoms with Crippen LogP contribution in [-0.2, 0) is 0 Å². The van der Waals surface area contributed by atoms with Gasteiger partial charge in [0.25, 0.3) is 0 Å². The summed E-state index contributed by atoms with van der Waals surface area (Å²) >= 11 is 3.71. The van der Waals surface area contributed by atoms with Gasteiger partial charge < -0.3 is 14.0 Å². The van der Waals surface area contributed by atoms with Gasteiger partial charge in [-0.25, -0.2) is 4.98 Å². The number of benzene rings is 6. The summed E-state index contributed by atoms with van der Waals surface area (Å²) in [6.45, 7) is 0. The maximum Gasteiger partial charge on any atom is 0.139 e. The van der Waals surface area contributed by atoms with Gasteiger partial charge in [0, 0.05) is 81.6 Å². The molecular weight excluding hydrogens is 869 g/mol. The lowest BCUT2D eigenvalue weighted by molar-refractivity contribution is 0.827. The van der Waals surface area contributed by atoms with Gasteiger partial charge >= 0.3 is 0 Å². The number of rotatable bonds is 5. The number of nitriles is 1. The van der Waals surface area contributed by atoms with Crippen molar-refractivity contribution in [3.05, 3.63) is 220 Å². The van der Waals surface area contributed by atoms with Crippen LogP contribution in [0.4, 0.5) is 17.2 Å². The molecule has 0 bridgehead atoms. The molecule has 0 unspecified atom stereocenters. The summed E-state index contributed by atoms with van der Waals surface area (Å²) in [7, 11) is 0. The highest BCUT2D eigenvalue weighted by Crippen LogP contribution is 2.53. The minimum atomic E-state index is 0.627. The van der Waals surface area contributed by atoms with Crippen LogP contribution in [-0.4, -0.2) is 14.1 Å². The molecule has 0 N–H and O–H groups in total. The van der Waals surface area contributed by atoms with Gasteiger partial charge in [-0.3, -0.25) is 4.90 Å². The highest BCUT2D eigenvalue weighted by Gasteiger charge is 2.34. The van der Waals surface area contributed by atoms with Crippen LogP contribution in [0.3, 0.4) is 0 Å². The van der Waals surface area contributed by atoms with Crippen LogP contribution in [0.1, 0.15) is 44.1 Å². The molecule has 0 atom stereocenters. The summed E-state index contributed by atoms with van der Waals surface area (Å²) in [4.78, 5) is 15.4. The number of allylic oxidation sites excluding steroid dienone is 9. The van der Waals surface area contributed by atoms with Crippen molar-refractivity contribution in [1.29, 1.82) is 5.26 Å². The summed E-state index contributed by atoms with van der Waals surface area (Å²) in [6, 6.07) is 53.2. The number of para-hydroxylation sites is 5. The second-order valence-corrected chi connectivity index (χ2v) is 20.1. The minimum absolute atomic E-state index is 0.627. The predicted octanol–water partition coefficient (Wildman–Crippen LogP) is 16.3. The number of hydrogen-bond donors (Lipinski definition) is 0. The molecule has 8 heteroatoms. The fourth-order valence-corrected chi connectivity index (χ4v) is 13.5. The first-order chi connectivity index (χ1) is 33.7. The van der Waals surface area contributed by atoms with Gasteiger partial charge in [-0.2, -0.15) is 5.26 Å². The third-order valence-corrected chi connectivity index (χ3v) is 16.5. The molecule has 0 amide bonds. The van der Waals surface area contributed by atoms with E-state index in [1.165, 1.54) is 58.2 Å². The van der Waals surface area contributed by atoms with Crippen molar-refractivity contribution in [3.8, 4) is 28.6 Å². The molecule has 2 aliphatic heterocycles. The van der Waals surface area contributed by atoms with Gasteiger partial charge in [0.05, 0.1) is 50.4 Å². The Hall–Kier alpha value is -7.70. The Morgan fingerprint density at radius 2 is 0.926 bits per heavy atom. The van der Waals surface area contributed by atoms with Gasteiger partial charge in [-0.1, -0.05) is 145 Å². The number of aromatic nitrogens is 3. The minimum Gasteiger partial charge on any atom is -0.314 e. The Kier molecular flexibility index (Phi) is 9.11. The molecule has 5 aliphatic rings. The van der Waals surface area contributed by atoms with E-state index in [9.17, 15) is 5.26 Å². The first kappa shape index (κ1) is 39.5. The van der Waals surface area contributed by atoms with E-state index in [2.05, 4.69) is 207 Å². The van der Waals surface area contributed by atoms with Crippen molar-refractivity contribution in [1.82, 2.24) is 14.1 Å². The van der Waals surface area contributed by atoms with E-state index in [4.69, 9.17) is 4.98 Å². The highest BCUT2D eigenvalue weighted by molar-refractivity contribution is 8.07. The summed E-state index contributed by atoms with van der Waals surface area (Å²) in [6.07, 6.45) is 21.4. The van der Waals surface area contributed by atoms with Crippen molar-refractivity contribution >= 4 is 84.3 Å². The van der Waals surface area contributed by atoms with E-state index in [0.717, 1.165) is 100 Å². The fraction of sp³-hybridized carbons (Fsp3) is 0.100. The molecule has 14 rings (SSSR count). The third kappa shape index (κ3) is 5.95. The van der Waals surface area contributed by atoms with Crippen LogP contribution in [0.15, 0.2) is 219 Å². The van der Waals surface area contributed by atoms with Gasteiger partial charge in [-0.05, 0) is 87.1 Å². The maximum absolute atomic E-state index is 11.5. The maximum atomic E-state index is 11.5. The van der Waals surface area contributed by atoms with E-state index in [-0.39, 0.29) is 0 Å². The molecule has 0 saturated heterocycles. The Labute approximate surface area is 402 Å². The van der Waals surface area contributed by atoms with Gasteiger partial charge in [0.1, 0.15) is 11.9 Å². The lowest BCUT2D eigenvalue weighted by Gasteiger charge is -2.39. The zero-order valence-electron chi connectivity index (χ0n) is 37.1. The SMILES string of the molecule is N#Cc1cc(-c2cnc(N3C4=C(C=CCC4)Sc4ccccc43)cc2-n2c3ccccc3c3ccccc32)c(-n2c3ccccc3c3ccccc32)cc1N1C2=C(C=CCC2)SC2=C1CCC=C2. The number of pyridine rings is 1. The molecule has 6 aromatic carbocycles. The van der Waals surface area contributed by atoms with Crippen molar-refractivity contribution in [2.24, 2.45) is 0 Å². The Morgan fingerprint density at radius 3 is 1.47 bits per heavy atom. The summed E-state index contributed by atoms with van der Waals surface area (Å²) in [5, 5.41) is 16.3. The van der Waals surface area contributed by atoms with Gasteiger partial charge in [-0.15, -0.1) is 0 Å². The van der Waals surface area contributed by atoms with Crippen LogP contribution in [0.2, 0.25) is 0 Å². The molecule has 0 spiro atoms. The second-order valence-electron chi connectivity index (χ2n) is 17.9. The third-order valence-electron chi connectivity index (χ3n) is 14.2. The Bertz CT molecular complexity index is 3760. The van der Waals surface area contributed by atoms with E-state index >= 15 is 0 Å². The van der Waals surface area contributed by atoms with Crippen molar-refractivity contribution in [2.45, 2.75) is 43.4 Å². The zero-order chi connectivity index (χ0) is 44.9. The van der Waals surface area contributed by atoms with E-state index in [1.807, 2.05) is 23.5 Å². The van der Waals surface area contributed by atoms with Gasteiger partial charge in [0.2, 0.25) is 0 Å². The van der Waals surface area contributed by atoms with Crippen LogP contribution in [0, 0.1) is 11.3 Å². The zero-order valence-corrected chi connectivity index (χ0v) is 38.7. The van der Waals surface area contributed by atoms with Crippen molar-refractivity contribution in [2.75, 3.05) is 9.80 Å². The molecule has 68 heavy (non-hydrogen) atoms. The van der Waals surface area contributed by atoms with Crippen LogP contribution < -0.4 is 9.80 Å². The topological polar surface area (TPSA) is 53.0 Å². The highest BCUT2D eigenvalue weighted by atomic mass is 32.2. The van der Waals surface area contributed by atoms with Crippen LogP contribution in [0.25, 0.3) is 66.1 Å². The van der Waals surface area contributed by atoms with E-state index in [0.29, 0.717) is 5.56 Å². The molecule has 3 aliphatic carbocycles. The molecule has 0 fully saturated rings. The number of hydrogen-bond acceptors (Lipinski definition) is 6. The van der Waals surface area contributed by atoms with Gasteiger partial charge in [0.15, 0.2) is 0 Å². The largest absolute Gasteiger partial charge is 0.314 e. The molecule has 0 radical (unpaired) electrons. The molecule has 5 heterocycles. The number of anilines is 3. The lowest BCUT2D eigenvalue weighted by Crippen LogP contribution is -2.29. The monoisotopic (exact) mass is 910 g/mol. The molecular formula is C60H42N6S2. The van der Waals surface area contributed by atoms with Crippen molar-refractivity contribution < 1.29 is 0 Å². The second kappa shape index (κ2) is 15.7. The normalized spacial score (nSPS) is 16.5. The fourth-order valence-electron chi connectivity index (χ4n) is 11.2. The summed E-state index contributed by atoms with van der Waals surface area (Å²) < 4.78 is 4.86. The summed E-state index contributed by atoms with van der Waals surface area (Å²) in [5.74, 6) is 0.858. The average molecular weight is 911 g/mol. The molecule has 6 nitrogen and oxygen atoms in total. The standard InChI is InChI=1S/C60H42N6S2/c61-36-38-33-43(54(63-45-21-5-1-17-39(45)40-18-2-6-22-46(40)63)34-53(38)65-49-25-9-13-29-56(49)67-57-30-14-10-26-50(57)65)44-37-62-60(66-51-27-11-15-31-58(51)68-59-32-16-12-28-52(59)66)35-55(44)64-47-23-7-3-19-41(47)42-20-4-8-24-48(42)64/h1-8,11,13-24,27,29-35,37H,9-10,12,25-26,28H2. The average Bonchev–Trinajstić information content (AvgIpc) is 3.92. The van der Waals surface area contributed by atoms with Crippen LogP contribution in [0.5, 0.6) is 0 Å². The number of thioether (sulfide) groups is 2. The first-order valence-corrected chi connectivity index (χ1v) is 25.1. The van der Waals surface area contributed by atoms with Crippen LogP contribution >= 0.6 is 23.5 Å². The molecule has 324 valence electrons. The smallest absolute Gasteiger partial charge is 0.139 e.